The molecule has 2 aliphatic carbocycles. The molecular weight excluding hydrogens is 573 g/mol. The predicted octanol–water partition coefficient (Wildman–Crippen LogP) is 4.48. The molecule has 4 heterocycles. The SMILES string of the molecule is COc1cc(C(=O)N2CC3CCC2C3N)cc2nc(-c3cc4ccc(-c5cccc(F)c5C(N)=O)nc4n3CC3CC3)n(C)c12. The van der Waals surface area contributed by atoms with Crippen LogP contribution in [0.15, 0.2) is 48.5 Å². The number of piperidine rings is 1. The lowest BCUT2D eigenvalue weighted by Crippen LogP contribution is -2.41. The van der Waals surface area contributed by atoms with Gasteiger partial charge in [0.1, 0.15) is 22.7 Å². The van der Waals surface area contributed by atoms with E-state index in [9.17, 15) is 14.0 Å². The summed E-state index contributed by atoms with van der Waals surface area (Å²) in [5, 5.41) is 0.891. The molecule has 45 heavy (non-hydrogen) atoms. The second-order valence-corrected chi connectivity index (χ2v) is 12.7. The van der Waals surface area contributed by atoms with E-state index in [1.807, 2.05) is 28.6 Å². The Morgan fingerprint density at radius 3 is 2.58 bits per heavy atom. The van der Waals surface area contributed by atoms with Crippen molar-refractivity contribution in [3.8, 4) is 28.5 Å². The summed E-state index contributed by atoms with van der Waals surface area (Å²) >= 11 is 0. The van der Waals surface area contributed by atoms with Gasteiger partial charge in [-0.3, -0.25) is 9.59 Å². The molecule has 1 saturated heterocycles. The summed E-state index contributed by atoms with van der Waals surface area (Å²) in [4.78, 5) is 37.8. The minimum Gasteiger partial charge on any atom is -0.494 e. The van der Waals surface area contributed by atoms with Crippen LogP contribution in [0.25, 0.3) is 44.8 Å². The number of imidazole rings is 1. The number of likely N-dealkylation sites (tertiary alicyclic amines) is 1. The number of primary amides is 1. The van der Waals surface area contributed by atoms with Crippen molar-refractivity contribution in [2.75, 3.05) is 13.7 Å². The van der Waals surface area contributed by atoms with Crippen molar-refractivity contribution in [2.45, 2.75) is 44.3 Å². The number of nitrogens with two attached hydrogens (primary N) is 2. The number of benzene rings is 2. The van der Waals surface area contributed by atoms with Crippen molar-refractivity contribution in [3.63, 3.8) is 0 Å². The lowest BCUT2D eigenvalue weighted by molar-refractivity contribution is 0.0700. The molecule has 1 aliphatic heterocycles. The quantitative estimate of drug-likeness (QED) is 0.280. The zero-order chi connectivity index (χ0) is 31.1. The Kier molecular flexibility index (Phi) is 6.25. The molecule has 4 N–H and O–H groups in total. The Labute approximate surface area is 258 Å². The summed E-state index contributed by atoms with van der Waals surface area (Å²) in [6, 6.07) is 13.9. The van der Waals surface area contributed by atoms with Gasteiger partial charge in [-0.25, -0.2) is 14.4 Å². The standard InChI is InChI=1S/C34H34FN7O3/c1-40-30-24(12-20(14-27(30)45-2)34(44)42-16-19-9-11-25(42)29(19)36)39-33(40)26-13-18-8-10-23(38-32(18)41(26)15-17-6-7-17)21-4-3-5-22(35)28(21)31(37)43/h3-5,8,10,12-14,17,19,25,29H,6-7,9,11,15-16,36H2,1-2H3,(H2,37,43). The molecule has 3 aliphatic rings. The average Bonchev–Trinajstić information content (AvgIpc) is 3.44. The molecule has 3 unspecified atom stereocenters. The smallest absolute Gasteiger partial charge is 0.254 e. The number of rotatable bonds is 7. The molecule has 11 heteroatoms. The second-order valence-electron chi connectivity index (χ2n) is 12.7. The predicted molar refractivity (Wildman–Crippen MR) is 168 cm³/mol. The molecule has 5 aromatic rings. The fraction of sp³-hybridized carbons (Fsp3) is 0.353. The van der Waals surface area contributed by atoms with Crippen LogP contribution in [-0.4, -0.2) is 61.6 Å². The third kappa shape index (κ3) is 4.32. The van der Waals surface area contributed by atoms with Crippen LogP contribution in [0.4, 0.5) is 4.39 Å². The lowest BCUT2D eigenvalue weighted by atomic mass is 10.0. The van der Waals surface area contributed by atoms with Crippen LogP contribution in [0.2, 0.25) is 0 Å². The van der Waals surface area contributed by atoms with Crippen molar-refractivity contribution in [1.29, 1.82) is 0 Å². The van der Waals surface area contributed by atoms with E-state index >= 15 is 0 Å². The number of pyridine rings is 1. The minimum atomic E-state index is -0.842. The van der Waals surface area contributed by atoms with Crippen molar-refractivity contribution >= 4 is 33.9 Å². The van der Waals surface area contributed by atoms with Crippen LogP contribution >= 0.6 is 0 Å². The summed E-state index contributed by atoms with van der Waals surface area (Å²) in [6.07, 6.45) is 4.26. The third-order valence-corrected chi connectivity index (χ3v) is 9.96. The second kappa shape index (κ2) is 10.1. The summed E-state index contributed by atoms with van der Waals surface area (Å²) in [6.45, 7) is 1.42. The van der Waals surface area contributed by atoms with Gasteiger partial charge < -0.3 is 30.2 Å². The molecule has 2 bridgehead atoms. The zero-order valence-corrected chi connectivity index (χ0v) is 25.2. The Morgan fingerprint density at radius 2 is 1.89 bits per heavy atom. The number of aryl methyl sites for hydroxylation is 1. The number of hydrogen-bond acceptors (Lipinski definition) is 6. The minimum absolute atomic E-state index is 0.0341. The van der Waals surface area contributed by atoms with Gasteiger partial charge in [0.2, 0.25) is 0 Å². The number of nitrogens with zero attached hydrogens (tertiary/aromatic N) is 5. The van der Waals surface area contributed by atoms with E-state index in [1.54, 1.807) is 31.4 Å². The summed E-state index contributed by atoms with van der Waals surface area (Å²) < 4.78 is 24.6. The van der Waals surface area contributed by atoms with Gasteiger partial charge in [-0.15, -0.1) is 0 Å². The Balaban J connectivity index is 1.25. The van der Waals surface area contributed by atoms with Gasteiger partial charge in [-0.2, -0.15) is 0 Å². The first kappa shape index (κ1) is 27.8. The fourth-order valence-corrected chi connectivity index (χ4v) is 7.46. The first-order valence-electron chi connectivity index (χ1n) is 15.4. The van der Waals surface area contributed by atoms with E-state index < -0.39 is 11.7 Å². The maximum atomic E-state index is 14.6. The Morgan fingerprint density at radius 1 is 1.07 bits per heavy atom. The molecule has 230 valence electrons. The molecule has 10 nitrogen and oxygen atoms in total. The lowest BCUT2D eigenvalue weighted by Gasteiger charge is -2.27. The van der Waals surface area contributed by atoms with Crippen LogP contribution in [0.1, 0.15) is 46.4 Å². The van der Waals surface area contributed by atoms with E-state index in [2.05, 4.69) is 10.6 Å². The highest BCUT2D eigenvalue weighted by atomic mass is 19.1. The molecule has 2 amide bonds. The summed E-state index contributed by atoms with van der Waals surface area (Å²) in [7, 11) is 3.54. The van der Waals surface area contributed by atoms with Crippen molar-refractivity contribution < 1.29 is 18.7 Å². The van der Waals surface area contributed by atoms with E-state index in [0.29, 0.717) is 57.9 Å². The maximum Gasteiger partial charge on any atom is 0.254 e. The number of methoxy groups -OCH3 is 1. The van der Waals surface area contributed by atoms with Gasteiger partial charge in [0.05, 0.1) is 29.6 Å². The molecule has 2 aromatic carbocycles. The summed E-state index contributed by atoms with van der Waals surface area (Å²) in [5.74, 6) is 0.582. The van der Waals surface area contributed by atoms with Crippen LogP contribution in [0.5, 0.6) is 5.75 Å². The van der Waals surface area contributed by atoms with Crippen molar-refractivity contribution in [1.82, 2.24) is 24.0 Å². The molecule has 0 radical (unpaired) electrons. The van der Waals surface area contributed by atoms with Gasteiger partial charge in [-0.1, -0.05) is 12.1 Å². The van der Waals surface area contributed by atoms with Crippen LogP contribution in [-0.2, 0) is 13.6 Å². The van der Waals surface area contributed by atoms with Gasteiger partial charge in [0, 0.05) is 48.7 Å². The monoisotopic (exact) mass is 607 g/mol. The van der Waals surface area contributed by atoms with Crippen LogP contribution in [0, 0.1) is 17.7 Å². The average molecular weight is 608 g/mol. The first-order chi connectivity index (χ1) is 21.7. The van der Waals surface area contributed by atoms with E-state index in [0.717, 1.165) is 48.8 Å². The number of amides is 2. The fourth-order valence-electron chi connectivity index (χ4n) is 7.46. The molecule has 3 fully saturated rings. The highest BCUT2D eigenvalue weighted by molar-refractivity contribution is 6.01. The number of carbonyl (C=O) groups excluding carboxylic acids is 2. The molecular formula is C34H34FN7O3. The highest BCUT2D eigenvalue weighted by Crippen LogP contribution is 2.40. The van der Waals surface area contributed by atoms with Gasteiger partial charge in [-0.05, 0) is 73.9 Å². The van der Waals surface area contributed by atoms with Crippen LogP contribution < -0.4 is 16.2 Å². The van der Waals surface area contributed by atoms with Crippen molar-refractivity contribution in [3.05, 3.63) is 65.5 Å². The largest absolute Gasteiger partial charge is 0.494 e. The van der Waals surface area contributed by atoms with Gasteiger partial charge >= 0.3 is 0 Å². The van der Waals surface area contributed by atoms with Crippen LogP contribution in [0.3, 0.4) is 0 Å². The number of ether oxygens (including phenoxy) is 1. The number of fused-ring (bicyclic) bond motifs is 4. The molecule has 2 saturated carbocycles. The Bertz CT molecular complexity index is 2040. The molecule has 3 aromatic heterocycles. The van der Waals surface area contributed by atoms with E-state index in [-0.39, 0.29) is 23.6 Å². The number of carbonyl (C=O) groups is 2. The first-order valence-corrected chi connectivity index (χ1v) is 15.4. The Hall–Kier alpha value is -4.77. The number of hydrogen-bond donors (Lipinski definition) is 2. The number of aromatic nitrogens is 4. The third-order valence-electron chi connectivity index (χ3n) is 9.96. The molecule has 0 spiro atoms. The molecule has 8 rings (SSSR count). The van der Waals surface area contributed by atoms with E-state index in [4.69, 9.17) is 26.2 Å². The highest BCUT2D eigenvalue weighted by Gasteiger charge is 2.47. The zero-order valence-electron chi connectivity index (χ0n) is 25.2. The topological polar surface area (TPSA) is 134 Å². The summed E-state index contributed by atoms with van der Waals surface area (Å²) in [5.41, 5.74) is 16.1. The number of halogens is 1. The van der Waals surface area contributed by atoms with Gasteiger partial charge in [0.15, 0.2) is 5.82 Å². The normalized spacial score (nSPS) is 20.9. The van der Waals surface area contributed by atoms with E-state index in [1.165, 1.54) is 6.07 Å². The van der Waals surface area contributed by atoms with Gasteiger partial charge in [0.25, 0.3) is 11.8 Å². The molecule has 3 atom stereocenters. The van der Waals surface area contributed by atoms with Crippen molar-refractivity contribution in [2.24, 2.45) is 30.4 Å². The maximum absolute atomic E-state index is 14.6.